The molecule has 1 N–H and O–H groups in total. The molecule has 2 aromatic rings. The average Bonchev–Trinajstić information content (AvgIpc) is 3.21. The van der Waals surface area contributed by atoms with Crippen molar-refractivity contribution in [2.75, 3.05) is 20.3 Å². The fourth-order valence-electron chi connectivity index (χ4n) is 3.07. The fourth-order valence-corrected chi connectivity index (χ4v) is 3.07. The number of hydrogen-bond acceptors (Lipinski definition) is 5. The van der Waals surface area contributed by atoms with Crippen LogP contribution in [0.1, 0.15) is 28.1 Å². The molecule has 0 aliphatic heterocycles. The van der Waals surface area contributed by atoms with Crippen LogP contribution in [-0.2, 0) is 16.6 Å². The predicted octanol–water partition coefficient (Wildman–Crippen LogP) is 2.32. The van der Waals surface area contributed by atoms with Gasteiger partial charge in [0.25, 0.3) is 0 Å². The van der Waals surface area contributed by atoms with Crippen LogP contribution in [-0.4, -0.2) is 31.4 Å². The number of aliphatic hydroxyl groups excluding tert-OH is 1. The summed E-state index contributed by atoms with van der Waals surface area (Å²) < 4.78 is 15.8. The highest BCUT2D eigenvalue weighted by atomic mass is 16.5. The number of furan rings is 1. The molecule has 5 heteroatoms. The zero-order chi connectivity index (χ0) is 15.6. The maximum absolute atomic E-state index is 12.0. The second-order valence-corrected chi connectivity index (χ2v) is 5.49. The first-order valence-electron chi connectivity index (χ1n) is 7.18. The number of aliphatic hydroxyl groups is 1. The van der Waals surface area contributed by atoms with E-state index in [-0.39, 0.29) is 19.0 Å². The van der Waals surface area contributed by atoms with Crippen LogP contribution in [0.2, 0.25) is 0 Å². The molecule has 0 bridgehead atoms. The molecule has 1 aromatic carbocycles. The van der Waals surface area contributed by atoms with Crippen molar-refractivity contribution in [1.82, 2.24) is 0 Å². The van der Waals surface area contributed by atoms with Crippen molar-refractivity contribution in [3.63, 3.8) is 0 Å². The summed E-state index contributed by atoms with van der Waals surface area (Å²) in [4.78, 5) is 12.0. The van der Waals surface area contributed by atoms with Crippen LogP contribution >= 0.6 is 0 Å². The Kier molecular flexibility index (Phi) is 3.90. The molecule has 0 radical (unpaired) electrons. The van der Waals surface area contributed by atoms with Gasteiger partial charge in [-0.25, -0.2) is 4.79 Å². The second kappa shape index (κ2) is 5.85. The molecule has 1 heterocycles. The highest BCUT2D eigenvalue weighted by molar-refractivity contribution is 5.86. The molecule has 1 atom stereocenters. The van der Waals surface area contributed by atoms with Crippen LogP contribution in [0.5, 0.6) is 5.75 Å². The van der Waals surface area contributed by atoms with Crippen LogP contribution in [0, 0.1) is 0 Å². The number of hydrogen-bond donors (Lipinski definition) is 1. The van der Waals surface area contributed by atoms with Gasteiger partial charge in [-0.15, -0.1) is 0 Å². The molecule has 1 aliphatic rings. The van der Waals surface area contributed by atoms with E-state index in [9.17, 15) is 9.90 Å². The minimum Gasteiger partial charge on any atom is -0.496 e. The second-order valence-electron chi connectivity index (χ2n) is 5.49. The molecule has 0 saturated heterocycles. The molecule has 0 spiro atoms. The number of esters is 1. The number of carbonyl (C=O) groups is 1. The van der Waals surface area contributed by atoms with Gasteiger partial charge >= 0.3 is 5.97 Å². The topological polar surface area (TPSA) is 68.9 Å². The van der Waals surface area contributed by atoms with E-state index in [0.29, 0.717) is 6.42 Å². The first-order valence-corrected chi connectivity index (χ1v) is 7.18. The summed E-state index contributed by atoms with van der Waals surface area (Å²) in [5, 5.41) is 9.96. The zero-order valence-corrected chi connectivity index (χ0v) is 12.4. The Bertz CT molecular complexity index is 662. The summed E-state index contributed by atoms with van der Waals surface area (Å²) >= 11 is 0. The number of rotatable bonds is 5. The largest absolute Gasteiger partial charge is 0.496 e. The quantitative estimate of drug-likeness (QED) is 0.858. The molecule has 22 heavy (non-hydrogen) atoms. The average molecular weight is 302 g/mol. The van der Waals surface area contributed by atoms with Gasteiger partial charge in [-0.05, 0) is 36.6 Å². The summed E-state index contributed by atoms with van der Waals surface area (Å²) in [6, 6.07) is 9.00. The zero-order valence-electron chi connectivity index (χ0n) is 12.4. The van der Waals surface area contributed by atoms with Crippen LogP contribution < -0.4 is 4.74 Å². The number of methoxy groups -OCH3 is 1. The minimum absolute atomic E-state index is 0.0937. The van der Waals surface area contributed by atoms with Gasteiger partial charge in [-0.1, -0.05) is 12.1 Å². The fraction of sp³-hybridized carbons (Fsp3) is 0.353. The summed E-state index contributed by atoms with van der Waals surface area (Å²) in [7, 11) is 1.60. The number of fused-ring (bicyclic) bond motifs is 1. The van der Waals surface area contributed by atoms with E-state index in [2.05, 4.69) is 0 Å². The van der Waals surface area contributed by atoms with E-state index in [1.165, 1.54) is 6.26 Å². The van der Waals surface area contributed by atoms with Gasteiger partial charge in [0.05, 0.1) is 25.4 Å². The normalized spacial score (nSPS) is 19.7. The molecule has 1 aromatic heterocycles. The Hall–Kier alpha value is -2.27. The van der Waals surface area contributed by atoms with Gasteiger partial charge in [0, 0.05) is 5.56 Å². The highest BCUT2D eigenvalue weighted by Crippen LogP contribution is 2.44. The molecular weight excluding hydrogens is 284 g/mol. The number of aryl methyl sites for hydroxylation is 1. The van der Waals surface area contributed by atoms with E-state index < -0.39 is 11.4 Å². The van der Waals surface area contributed by atoms with Gasteiger partial charge in [-0.2, -0.15) is 0 Å². The van der Waals surface area contributed by atoms with E-state index in [1.807, 2.05) is 18.2 Å². The monoisotopic (exact) mass is 302 g/mol. The molecule has 1 aliphatic carbocycles. The molecule has 0 saturated carbocycles. The summed E-state index contributed by atoms with van der Waals surface area (Å²) in [5.74, 6) is 0.352. The highest BCUT2D eigenvalue weighted by Gasteiger charge is 2.42. The Morgan fingerprint density at radius 3 is 2.91 bits per heavy atom. The lowest BCUT2D eigenvalue weighted by molar-refractivity contribution is 0.0283. The smallest absolute Gasteiger partial charge is 0.374 e. The summed E-state index contributed by atoms with van der Waals surface area (Å²) in [6.45, 7) is -0.0117. The van der Waals surface area contributed by atoms with E-state index in [4.69, 9.17) is 13.9 Å². The third-order valence-corrected chi connectivity index (χ3v) is 4.24. The van der Waals surface area contributed by atoms with Crippen LogP contribution in [0.25, 0.3) is 0 Å². The SMILES string of the molecule is COc1cccc2c1[C@](CO)(COC(=O)c1ccco1)CC2. The number of benzene rings is 1. The van der Waals surface area contributed by atoms with Gasteiger partial charge in [0.15, 0.2) is 0 Å². The Labute approximate surface area is 128 Å². The Balaban J connectivity index is 1.85. The lowest BCUT2D eigenvalue weighted by Crippen LogP contribution is -2.35. The van der Waals surface area contributed by atoms with Crippen molar-refractivity contribution in [2.24, 2.45) is 0 Å². The lowest BCUT2D eigenvalue weighted by Gasteiger charge is -2.28. The molecule has 0 unspecified atom stereocenters. The minimum atomic E-state index is -0.621. The van der Waals surface area contributed by atoms with E-state index in [0.717, 1.165) is 23.3 Å². The number of carbonyl (C=O) groups excluding carboxylic acids is 1. The van der Waals surface area contributed by atoms with Crippen LogP contribution in [0.4, 0.5) is 0 Å². The van der Waals surface area contributed by atoms with Gasteiger partial charge in [0.1, 0.15) is 12.4 Å². The number of ether oxygens (including phenoxy) is 2. The van der Waals surface area contributed by atoms with Crippen molar-refractivity contribution < 1.29 is 23.8 Å². The van der Waals surface area contributed by atoms with Crippen molar-refractivity contribution in [1.29, 1.82) is 0 Å². The first-order chi connectivity index (χ1) is 10.7. The summed E-state index contributed by atoms with van der Waals surface area (Å²) in [6.07, 6.45) is 2.96. The summed E-state index contributed by atoms with van der Waals surface area (Å²) in [5.41, 5.74) is 1.44. The predicted molar refractivity (Wildman–Crippen MR) is 79.1 cm³/mol. The molecule has 0 amide bonds. The molecule has 5 nitrogen and oxygen atoms in total. The standard InChI is InChI=1S/C17H18O5/c1-20-13-5-2-4-12-7-8-17(10-18,15(12)13)11-22-16(19)14-6-3-9-21-14/h2-6,9,18H,7-8,10-11H2,1H3/t17-/m1/s1. The first kappa shape index (κ1) is 14.7. The molecular formula is C17H18O5. The van der Waals surface area contributed by atoms with Crippen molar-refractivity contribution in [2.45, 2.75) is 18.3 Å². The van der Waals surface area contributed by atoms with E-state index in [1.54, 1.807) is 19.2 Å². The van der Waals surface area contributed by atoms with Crippen LogP contribution in [0.3, 0.4) is 0 Å². The molecule has 3 rings (SSSR count). The Morgan fingerprint density at radius 2 is 2.23 bits per heavy atom. The third kappa shape index (κ3) is 2.37. The van der Waals surface area contributed by atoms with Crippen molar-refractivity contribution in [3.8, 4) is 5.75 Å². The van der Waals surface area contributed by atoms with Crippen LogP contribution in [0.15, 0.2) is 41.0 Å². The lowest BCUT2D eigenvalue weighted by atomic mass is 9.83. The van der Waals surface area contributed by atoms with Gasteiger partial charge in [0.2, 0.25) is 5.76 Å². The van der Waals surface area contributed by atoms with Crippen molar-refractivity contribution >= 4 is 5.97 Å². The molecule has 0 fully saturated rings. The van der Waals surface area contributed by atoms with Gasteiger partial charge < -0.3 is 19.0 Å². The van der Waals surface area contributed by atoms with Gasteiger partial charge in [-0.3, -0.25) is 0 Å². The maximum Gasteiger partial charge on any atom is 0.374 e. The maximum atomic E-state index is 12.0. The van der Waals surface area contributed by atoms with Crippen molar-refractivity contribution in [3.05, 3.63) is 53.5 Å². The molecule has 116 valence electrons. The Morgan fingerprint density at radius 1 is 1.36 bits per heavy atom. The van der Waals surface area contributed by atoms with E-state index >= 15 is 0 Å². The third-order valence-electron chi connectivity index (χ3n) is 4.24.